The number of carbonyl (C=O) groups excluding carboxylic acids is 1. The van der Waals surface area contributed by atoms with Crippen LogP contribution >= 0.6 is 11.3 Å². The summed E-state index contributed by atoms with van der Waals surface area (Å²) in [4.78, 5) is 33.6. The maximum absolute atomic E-state index is 14.3. The molecule has 42 heavy (non-hydrogen) atoms. The average Bonchev–Trinajstić information content (AvgIpc) is 3.34. The van der Waals surface area contributed by atoms with E-state index in [1.807, 2.05) is 91.0 Å². The van der Waals surface area contributed by atoms with Crippen LogP contribution in [0.3, 0.4) is 0 Å². The average molecular weight is 577 g/mol. The van der Waals surface area contributed by atoms with E-state index in [1.165, 1.54) is 11.3 Å². The zero-order valence-electron chi connectivity index (χ0n) is 23.4. The summed E-state index contributed by atoms with van der Waals surface area (Å²) in [5.74, 6) is 0.654. The summed E-state index contributed by atoms with van der Waals surface area (Å²) in [6.07, 6.45) is 1.80. The number of fused-ring (bicyclic) bond motifs is 2. The minimum absolute atomic E-state index is 0.169. The first-order valence-corrected chi connectivity index (χ1v) is 14.3. The van der Waals surface area contributed by atoms with Crippen LogP contribution in [0.1, 0.15) is 29.7 Å². The highest BCUT2D eigenvalue weighted by atomic mass is 32.1. The van der Waals surface area contributed by atoms with E-state index in [-0.39, 0.29) is 17.7 Å². The molecule has 1 aliphatic heterocycles. The highest BCUT2D eigenvalue weighted by Crippen LogP contribution is 2.42. The first kappa shape index (κ1) is 27.2. The van der Waals surface area contributed by atoms with E-state index in [0.29, 0.717) is 32.1 Å². The molecule has 1 aliphatic rings. The first-order chi connectivity index (χ1) is 20.5. The van der Waals surface area contributed by atoms with Crippen molar-refractivity contribution in [2.75, 3.05) is 20.8 Å². The number of nitrogens with zero attached hydrogens (tertiary/aromatic N) is 2. The Morgan fingerprint density at radius 3 is 2.38 bits per heavy atom. The van der Waals surface area contributed by atoms with Gasteiger partial charge in [-0.25, -0.2) is 9.79 Å². The molecule has 0 N–H and O–H groups in total. The van der Waals surface area contributed by atoms with Gasteiger partial charge in [-0.15, -0.1) is 0 Å². The zero-order valence-corrected chi connectivity index (χ0v) is 24.2. The summed E-state index contributed by atoms with van der Waals surface area (Å²) in [6, 6.07) is 27.8. The van der Waals surface area contributed by atoms with Gasteiger partial charge in [-0.3, -0.25) is 9.36 Å². The molecule has 1 atom stereocenters. The lowest BCUT2D eigenvalue weighted by Gasteiger charge is -2.28. The predicted octanol–water partition coefficient (Wildman–Crippen LogP) is 5.11. The van der Waals surface area contributed by atoms with Gasteiger partial charge in [-0.2, -0.15) is 0 Å². The highest BCUT2D eigenvalue weighted by molar-refractivity contribution is 7.07. The second-order valence-corrected chi connectivity index (χ2v) is 10.6. The lowest BCUT2D eigenvalue weighted by Crippen LogP contribution is -2.40. The van der Waals surface area contributed by atoms with Crippen molar-refractivity contribution in [3.05, 3.63) is 133 Å². The molecule has 0 fully saturated rings. The maximum atomic E-state index is 14.3. The summed E-state index contributed by atoms with van der Waals surface area (Å²) in [5.41, 5.74) is 2.64. The third-order valence-corrected chi connectivity index (χ3v) is 8.21. The van der Waals surface area contributed by atoms with Crippen molar-refractivity contribution in [2.24, 2.45) is 4.99 Å². The van der Waals surface area contributed by atoms with E-state index in [0.717, 1.165) is 21.9 Å². The van der Waals surface area contributed by atoms with Crippen LogP contribution in [0.4, 0.5) is 0 Å². The van der Waals surface area contributed by atoms with Crippen molar-refractivity contribution in [3.63, 3.8) is 0 Å². The number of hydrogen-bond donors (Lipinski definition) is 0. The van der Waals surface area contributed by atoms with Gasteiger partial charge in [0.05, 0.1) is 36.6 Å². The van der Waals surface area contributed by atoms with Crippen molar-refractivity contribution in [1.82, 2.24) is 4.57 Å². The van der Waals surface area contributed by atoms with Crippen LogP contribution in [0.15, 0.2) is 106 Å². The molecule has 2 heterocycles. The van der Waals surface area contributed by atoms with Gasteiger partial charge >= 0.3 is 5.97 Å². The van der Waals surface area contributed by atoms with Crippen molar-refractivity contribution in [1.29, 1.82) is 0 Å². The third-order valence-electron chi connectivity index (χ3n) is 7.22. The van der Waals surface area contributed by atoms with Gasteiger partial charge in [0.15, 0.2) is 4.80 Å². The Balaban J connectivity index is 1.75. The maximum Gasteiger partial charge on any atom is 0.338 e. The number of esters is 1. The molecule has 0 aliphatic carbocycles. The van der Waals surface area contributed by atoms with Crippen LogP contribution < -0.4 is 24.4 Å². The number of methoxy groups -OCH3 is 2. The van der Waals surface area contributed by atoms with E-state index in [4.69, 9.17) is 19.2 Å². The SMILES string of the molecule is CCOC(=O)C1=C(c2ccccc2)N=c2s/c(=C\c3ccccc3OC)c(=O)n2C1c1c(OC)ccc2ccccc12. The van der Waals surface area contributed by atoms with Crippen molar-refractivity contribution in [3.8, 4) is 11.5 Å². The number of ether oxygens (including phenoxy) is 3. The molecule has 0 spiro atoms. The molecule has 4 aromatic carbocycles. The smallest absolute Gasteiger partial charge is 0.338 e. The Kier molecular flexibility index (Phi) is 7.46. The van der Waals surface area contributed by atoms with Crippen LogP contribution in [0.25, 0.3) is 22.5 Å². The molecule has 7 nitrogen and oxygen atoms in total. The predicted molar refractivity (Wildman–Crippen MR) is 165 cm³/mol. The highest BCUT2D eigenvalue weighted by Gasteiger charge is 2.37. The van der Waals surface area contributed by atoms with Gasteiger partial charge in [0, 0.05) is 16.7 Å². The summed E-state index contributed by atoms with van der Waals surface area (Å²) >= 11 is 1.26. The van der Waals surface area contributed by atoms with Crippen molar-refractivity contribution in [2.45, 2.75) is 13.0 Å². The van der Waals surface area contributed by atoms with E-state index in [9.17, 15) is 9.59 Å². The van der Waals surface area contributed by atoms with Crippen LogP contribution in [0.2, 0.25) is 0 Å². The molecule has 8 heteroatoms. The number of benzene rings is 4. The summed E-state index contributed by atoms with van der Waals surface area (Å²) < 4.78 is 19.1. The number of rotatable bonds is 7. The Hall–Kier alpha value is -4.95. The second kappa shape index (κ2) is 11.5. The number of thiazole rings is 1. The largest absolute Gasteiger partial charge is 0.496 e. The Morgan fingerprint density at radius 1 is 0.905 bits per heavy atom. The van der Waals surface area contributed by atoms with Gasteiger partial charge in [0.1, 0.15) is 17.5 Å². The molecular formula is C34H28N2O5S. The number of aromatic nitrogens is 1. The molecular weight excluding hydrogens is 548 g/mol. The van der Waals surface area contributed by atoms with Crippen molar-refractivity contribution >= 4 is 39.9 Å². The van der Waals surface area contributed by atoms with E-state index >= 15 is 0 Å². The minimum Gasteiger partial charge on any atom is -0.496 e. The quantitative estimate of drug-likeness (QED) is 0.252. The van der Waals surface area contributed by atoms with Gasteiger partial charge in [-0.1, -0.05) is 90.2 Å². The topological polar surface area (TPSA) is 79.1 Å². The molecule has 5 aromatic rings. The Bertz CT molecular complexity index is 2020. The Morgan fingerprint density at radius 2 is 1.62 bits per heavy atom. The van der Waals surface area contributed by atoms with E-state index < -0.39 is 12.0 Å². The van der Waals surface area contributed by atoms with Crippen LogP contribution in [-0.4, -0.2) is 31.4 Å². The molecule has 0 saturated carbocycles. The minimum atomic E-state index is -0.864. The monoisotopic (exact) mass is 576 g/mol. The molecule has 0 saturated heterocycles. The fourth-order valence-electron chi connectivity index (χ4n) is 5.38. The van der Waals surface area contributed by atoms with Crippen LogP contribution in [0.5, 0.6) is 11.5 Å². The summed E-state index contributed by atoms with van der Waals surface area (Å²) in [7, 11) is 3.18. The lowest BCUT2D eigenvalue weighted by atomic mass is 9.89. The fourth-order valence-corrected chi connectivity index (χ4v) is 6.37. The molecule has 0 radical (unpaired) electrons. The van der Waals surface area contributed by atoms with Gasteiger partial charge in [0.25, 0.3) is 5.56 Å². The second-order valence-electron chi connectivity index (χ2n) is 9.58. The molecule has 0 amide bonds. The van der Waals surface area contributed by atoms with Crippen molar-refractivity contribution < 1.29 is 19.0 Å². The van der Waals surface area contributed by atoms with Gasteiger partial charge in [-0.05, 0) is 35.9 Å². The molecule has 1 unspecified atom stereocenters. The van der Waals surface area contributed by atoms with Crippen LogP contribution in [0, 0.1) is 0 Å². The fraction of sp³-hybridized carbons (Fsp3) is 0.147. The first-order valence-electron chi connectivity index (χ1n) is 13.5. The lowest BCUT2D eigenvalue weighted by molar-refractivity contribution is -0.138. The summed E-state index contributed by atoms with van der Waals surface area (Å²) in [6.45, 7) is 1.93. The molecule has 6 rings (SSSR count). The zero-order chi connectivity index (χ0) is 29.2. The normalized spacial score (nSPS) is 14.8. The van der Waals surface area contributed by atoms with Crippen LogP contribution in [-0.2, 0) is 9.53 Å². The summed E-state index contributed by atoms with van der Waals surface area (Å²) in [5, 5.41) is 1.81. The van der Waals surface area contributed by atoms with E-state index in [2.05, 4.69) is 0 Å². The van der Waals surface area contributed by atoms with Gasteiger partial charge < -0.3 is 14.2 Å². The number of carbonyl (C=O) groups is 1. The van der Waals surface area contributed by atoms with Gasteiger partial charge in [0.2, 0.25) is 0 Å². The number of hydrogen-bond acceptors (Lipinski definition) is 7. The molecule has 210 valence electrons. The Labute approximate surface area is 246 Å². The standard InChI is InChI=1S/C34H28N2O5S/c1-4-41-33(38)29-30(22-13-6-5-7-14-22)35-34-36(32(37)27(42-34)20-23-15-9-11-17-25(23)39-2)31(29)28-24-16-10-8-12-21(24)18-19-26(28)40-3/h5-20,31H,4H2,1-3H3/b27-20-. The molecule has 0 bridgehead atoms. The molecule has 1 aromatic heterocycles. The number of para-hydroxylation sites is 1. The van der Waals surface area contributed by atoms with E-state index in [1.54, 1.807) is 31.8 Å². The third kappa shape index (κ3) is 4.69.